The van der Waals surface area contributed by atoms with E-state index in [1.165, 1.54) is 17.7 Å². The minimum absolute atomic E-state index is 0.169. The van der Waals surface area contributed by atoms with Crippen LogP contribution in [0.2, 0.25) is 0 Å². The normalized spacial score (nSPS) is 13.0. The molecule has 6 heteroatoms. The number of carbonyl (C=O) groups excluding carboxylic acids is 2. The fourth-order valence-corrected chi connectivity index (χ4v) is 5.26. The number of anilines is 2. The first kappa shape index (κ1) is 27.1. The van der Waals surface area contributed by atoms with Crippen molar-refractivity contribution in [2.24, 2.45) is 0 Å². The van der Waals surface area contributed by atoms with Crippen LogP contribution in [0.1, 0.15) is 41.6 Å². The topological polar surface area (TPSA) is 52.7 Å². The van der Waals surface area contributed by atoms with Crippen molar-refractivity contribution in [3.8, 4) is 0 Å². The highest BCUT2D eigenvalue weighted by atomic mass is 19.1. The number of hydrogen-bond donors (Lipinski definition) is 1. The van der Waals surface area contributed by atoms with Gasteiger partial charge in [-0.05, 0) is 65.4 Å². The zero-order valence-electron chi connectivity index (χ0n) is 22.7. The summed E-state index contributed by atoms with van der Waals surface area (Å²) in [6.45, 7) is 3.79. The lowest BCUT2D eigenvalue weighted by atomic mass is 10.0. The number of nitrogens with zero attached hydrogens (tertiary/aromatic N) is 2. The van der Waals surface area contributed by atoms with Gasteiger partial charge in [-0.25, -0.2) is 4.39 Å². The predicted octanol–water partition coefficient (Wildman–Crippen LogP) is 6.23. The Morgan fingerprint density at radius 1 is 0.875 bits per heavy atom. The number of benzene rings is 4. The zero-order chi connectivity index (χ0) is 27.9. The fraction of sp³-hybridized carbons (Fsp3) is 0.235. The van der Waals surface area contributed by atoms with Gasteiger partial charge in [0.15, 0.2) is 0 Å². The molecule has 4 aromatic carbocycles. The van der Waals surface area contributed by atoms with Crippen LogP contribution in [0.15, 0.2) is 103 Å². The summed E-state index contributed by atoms with van der Waals surface area (Å²) in [4.78, 5) is 31.7. The van der Waals surface area contributed by atoms with Crippen LogP contribution in [0.5, 0.6) is 0 Å². The van der Waals surface area contributed by atoms with E-state index in [0.29, 0.717) is 24.3 Å². The molecule has 40 heavy (non-hydrogen) atoms. The maximum Gasteiger partial charge on any atom is 0.248 e. The molecule has 5 rings (SSSR count). The molecule has 5 nitrogen and oxygen atoms in total. The molecule has 0 aliphatic carbocycles. The lowest BCUT2D eigenvalue weighted by Crippen LogP contribution is -2.44. The van der Waals surface area contributed by atoms with Gasteiger partial charge in [0.2, 0.25) is 11.8 Å². The van der Waals surface area contributed by atoms with E-state index in [-0.39, 0.29) is 18.2 Å². The number of carbonyl (C=O) groups is 2. The van der Waals surface area contributed by atoms with Crippen molar-refractivity contribution in [2.45, 2.75) is 38.8 Å². The monoisotopic (exact) mass is 535 g/mol. The first-order valence-electron chi connectivity index (χ1n) is 13.8. The second-order valence-electron chi connectivity index (χ2n) is 10.1. The summed E-state index contributed by atoms with van der Waals surface area (Å²) >= 11 is 0. The third-order valence-corrected chi connectivity index (χ3v) is 7.47. The van der Waals surface area contributed by atoms with E-state index in [9.17, 15) is 14.0 Å². The molecule has 0 saturated carbocycles. The summed E-state index contributed by atoms with van der Waals surface area (Å²) in [5.41, 5.74) is 5.71. The molecule has 1 unspecified atom stereocenters. The molecular formula is C34H34FN3O2. The third kappa shape index (κ3) is 6.23. The Hall–Kier alpha value is -4.45. The molecule has 1 N–H and O–H groups in total. The number of fused-ring (bicyclic) bond motifs is 1. The van der Waals surface area contributed by atoms with E-state index in [1.54, 1.807) is 17.0 Å². The van der Waals surface area contributed by atoms with Crippen molar-refractivity contribution < 1.29 is 14.0 Å². The molecule has 0 spiro atoms. The number of rotatable bonds is 10. The molecular weight excluding hydrogens is 501 g/mol. The third-order valence-electron chi connectivity index (χ3n) is 7.47. The van der Waals surface area contributed by atoms with E-state index in [2.05, 4.69) is 29.3 Å². The predicted molar refractivity (Wildman–Crippen MR) is 158 cm³/mol. The standard InChI is InChI=1S/C34H34FN3O2/c1-2-25-12-18-30(19-13-25)38(32(39)21-23-37-22-20-27-10-6-7-11-31(27)37)33(28-14-16-29(35)17-15-28)34(40)36-24-26-8-4-3-5-9-26/h3-19,33H,2,20-24H2,1H3,(H,36,40). The van der Waals surface area contributed by atoms with Crippen molar-refractivity contribution in [2.75, 3.05) is 22.9 Å². The summed E-state index contributed by atoms with van der Waals surface area (Å²) in [6.07, 6.45) is 2.04. The van der Waals surface area contributed by atoms with Gasteiger partial charge in [0.1, 0.15) is 11.9 Å². The van der Waals surface area contributed by atoms with Gasteiger partial charge in [0, 0.05) is 37.4 Å². The van der Waals surface area contributed by atoms with E-state index in [1.807, 2.05) is 66.7 Å². The molecule has 204 valence electrons. The quantitative estimate of drug-likeness (QED) is 0.262. The van der Waals surface area contributed by atoms with Crippen LogP contribution in [0.3, 0.4) is 0 Å². The SMILES string of the molecule is CCc1ccc(N(C(=O)CCN2CCc3ccccc32)C(C(=O)NCc2ccccc2)c2ccc(F)cc2)cc1. The Kier molecular flexibility index (Phi) is 8.55. The number of amides is 2. The summed E-state index contributed by atoms with van der Waals surface area (Å²) in [6, 6.07) is 30.5. The Labute approximate surface area is 235 Å². The number of nitrogens with one attached hydrogen (secondary N) is 1. The number of hydrogen-bond acceptors (Lipinski definition) is 3. The minimum Gasteiger partial charge on any atom is -0.370 e. The molecule has 0 fully saturated rings. The second kappa shape index (κ2) is 12.6. The van der Waals surface area contributed by atoms with E-state index < -0.39 is 11.9 Å². The Balaban J connectivity index is 1.46. The lowest BCUT2D eigenvalue weighted by Gasteiger charge is -2.32. The first-order valence-corrected chi connectivity index (χ1v) is 13.8. The van der Waals surface area contributed by atoms with Crippen molar-refractivity contribution in [1.29, 1.82) is 0 Å². The van der Waals surface area contributed by atoms with Crippen molar-refractivity contribution in [3.63, 3.8) is 0 Å². The Morgan fingerprint density at radius 3 is 2.30 bits per heavy atom. The van der Waals surface area contributed by atoms with Gasteiger partial charge in [-0.1, -0.05) is 79.7 Å². The summed E-state index contributed by atoms with van der Waals surface area (Å²) in [5, 5.41) is 3.01. The number of aryl methyl sites for hydroxylation is 1. The van der Waals surface area contributed by atoms with Gasteiger partial charge in [-0.3, -0.25) is 14.5 Å². The molecule has 1 atom stereocenters. The molecule has 0 bridgehead atoms. The smallest absolute Gasteiger partial charge is 0.248 e. The van der Waals surface area contributed by atoms with E-state index in [4.69, 9.17) is 0 Å². The molecule has 0 saturated heterocycles. The van der Waals surface area contributed by atoms with Gasteiger partial charge in [-0.2, -0.15) is 0 Å². The van der Waals surface area contributed by atoms with Crippen LogP contribution in [0.25, 0.3) is 0 Å². The molecule has 1 aliphatic rings. The minimum atomic E-state index is -0.963. The van der Waals surface area contributed by atoms with E-state index in [0.717, 1.165) is 36.2 Å². The van der Waals surface area contributed by atoms with Gasteiger partial charge in [-0.15, -0.1) is 0 Å². The fourth-order valence-electron chi connectivity index (χ4n) is 5.26. The average molecular weight is 536 g/mol. The molecule has 1 heterocycles. The zero-order valence-corrected chi connectivity index (χ0v) is 22.7. The van der Waals surface area contributed by atoms with Gasteiger partial charge in [0.25, 0.3) is 0 Å². The summed E-state index contributed by atoms with van der Waals surface area (Å²) < 4.78 is 13.9. The van der Waals surface area contributed by atoms with Crippen LogP contribution < -0.4 is 15.1 Å². The summed E-state index contributed by atoms with van der Waals surface area (Å²) in [5.74, 6) is -0.891. The van der Waals surface area contributed by atoms with Crippen molar-refractivity contribution >= 4 is 23.2 Å². The van der Waals surface area contributed by atoms with Crippen LogP contribution in [0, 0.1) is 5.82 Å². The van der Waals surface area contributed by atoms with E-state index >= 15 is 0 Å². The molecule has 0 aromatic heterocycles. The lowest BCUT2D eigenvalue weighted by molar-refractivity contribution is -0.126. The number of halogens is 1. The van der Waals surface area contributed by atoms with Crippen molar-refractivity contribution in [1.82, 2.24) is 5.32 Å². The summed E-state index contributed by atoms with van der Waals surface area (Å²) in [7, 11) is 0. The highest BCUT2D eigenvalue weighted by molar-refractivity contribution is 6.01. The Bertz CT molecular complexity index is 1440. The molecule has 0 radical (unpaired) electrons. The van der Waals surface area contributed by atoms with Crippen LogP contribution in [0.4, 0.5) is 15.8 Å². The molecule has 2 amide bonds. The van der Waals surface area contributed by atoms with Gasteiger partial charge >= 0.3 is 0 Å². The van der Waals surface area contributed by atoms with Gasteiger partial charge < -0.3 is 10.2 Å². The Morgan fingerprint density at radius 2 is 1.57 bits per heavy atom. The maximum absolute atomic E-state index is 14.1. The molecule has 4 aromatic rings. The van der Waals surface area contributed by atoms with Crippen molar-refractivity contribution in [3.05, 3.63) is 131 Å². The van der Waals surface area contributed by atoms with Crippen LogP contribution in [-0.2, 0) is 29.0 Å². The van der Waals surface area contributed by atoms with Crippen LogP contribution in [-0.4, -0.2) is 24.9 Å². The van der Waals surface area contributed by atoms with Gasteiger partial charge in [0.05, 0.1) is 0 Å². The highest BCUT2D eigenvalue weighted by Gasteiger charge is 2.33. The first-order chi connectivity index (χ1) is 19.5. The maximum atomic E-state index is 14.1. The molecule has 1 aliphatic heterocycles. The highest BCUT2D eigenvalue weighted by Crippen LogP contribution is 2.31. The largest absolute Gasteiger partial charge is 0.370 e. The average Bonchev–Trinajstić information content (AvgIpc) is 3.42. The van der Waals surface area contributed by atoms with Crippen LogP contribution >= 0.6 is 0 Å². The second-order valence-corrected chi connectivity index (χ2v) is 10.1. The number of para-hydroxylation sites is 1.